The van der Waals surface area contributed by atoms with Crippen molar-refractivity contribution in [3.63, 3.8) is 0 Å². The van der Waals surface area contributed by atoms with Crippen molar-refractivity contribution in [1.82, 2.24) is 0 Å². The molecule has 1 aromatic carbocycles. The molecular weight excluding hydrogens is 150 g/mol. The summed E-state index contributed by atoms with van der Waals surface area (Å²) >= 11 is 0. The second kappa shape index (κ2) is 4.12. The Balaban J connectivity index is 2.69. The van der Waals surface area contributed by atoms with E-state index < -0.39 is 0 Å². The maximum Gasteiger partial charge on any atom is 0.118 e. The summed E-state index contributed by atoms with van der Waals surface area (Å²) in [6.07, 6.45) is 0.850. The molecule has 66 valence electrons. The number of rotatable bonds is 3. The molecule has 0 saturated carbocycles. The van der Waals surface area contributed by atoms with E-state index in [4.69, 9.17) is 5.73 Å². The monoisotopic (exact) mass is 165 g/mol. The van der Waals surface area contributed by atoms with E-state index in [1.807, 2.05) is 18.2 Å². The lowest BCUT2D eigenvalue weighted by atomic mass is 10.0. The molecular formula is C10H15NO. The fraction of sp³-hybridized carbons (Fsp3) is 0.400. The summed E-state index contributed by atoms with van der Waals surface area (Å²) in [7, 11) is 0. The van der Waals surface area contributed by atoms with Gasteiger partial charge in [-0.15, -0.1) is 0 Å². The predicted octanol–water partition coefficient (Wildman–Crippen LogP) is 1.53. The van der Waals surface area contributed by atoms with Crippen LogP contribution in [0.2, 0.25) is 0 Å². The highest BCUT2D eigenvalue weighted by Gasteiger charge is 2.04. The van der Waals surface area contributed by atoms with Gasteiger partial charge in [-0.1, -0.05) is 25.1 Å². The van der Waals surface area contributed by atoms with Crippen LogP contribution in [0.15, 0.2) is 24.3 Å². The smallest absolute Gasteiger partial charge is 0.118 e. The Kier molecular flexibility index (Phi) is 3.11. The molecule has 0 spiro atoms. The summed E-state index contributed by atoms with van der Waals surface area (Å²) in [5.41, 5.74) is 6.47. The van der Waals surface area contributed by atoms with Gasteiger partial charge in [-0.25, -0.2) is 0 Å². The van der Waals surface area contributed by atoms with Crippen LogP contribution in [-0.2, 0) is 6.42 Å². The van der Waals surface area contributed by atoms with Gasteiger partial charge in [0.2, 0.25) is 0 Å². The molecule has 0 radical (unpaired) electrons. The normalized spacial score (nSPS) is 12.8. The lowest BCUT2D eigenvalue weighted by molar-refractivity contribution is 0.460. The fourth-order valence-electron chi connectivity index (χ4n) is 1.14. The zero-order valence-electron chi connectivity index (χ0n) is 7.33. The van der Waals surface area contributed by atoms with E-state index in [-0.39, 0.29) is 0 Å². The molecule has 1 unspecified atom stereocenters. The number of para-hydroxylation sites is 1. The van der Waals surface area contributed by atoms with Crippen LogP contribution in [0.4, 0.5) is 0 Å². The highest BCUT2D eigenvalue weighted by Crippen LogP contribution is 2.18. The molecule has 0 amide bonds. The quantitative estimate of drug-likeness (QED) is 0.713. The minimum absolute atomic E-state index is 0.373. The van der Waals surface area contributed by atoms with Crippen molar-refractivity contribution in [2.45, 2.75) is 13.3 Å². The topological polar surface area (TPSA) is 46.2 Å². The Morgan fingerprint density at radius 3 is 2.67 bits per heavy atom. The number of hydrogen-bond acceptors (Lipinski definition) is 2. The van der Waals surface area contributed by atoms with E-state index >= 15 is 0 Å². The van der Waals surface area contributed by atoms with E-state index in [2.05, 4.69) is 6.92 Å². The first-order chi connectivity index (χ1) is 5.74. The van der Waals surface area contributed by atoms with E-state index in [9.17, 15) is 5.11 Å². The predicted molar refractivity (Wildman–Crippen MR) is 50.0 cm³/mol. The largest absolute Gasteiger partial charge is 0.508 e. The molecule has 2 nitrogen and oxygen atoms in total. The van der Waals surface area contributed by atoms with Crippen LogP contribution >= 0.6 is 0 Å². The minimum atomic E-state index is 0.373. The van der Waals surface area contributed by atoms with Crippen LogP contribution in [0.3, 0.4) is 0 Å². The van der Waals surface area contributed by atoms with Crippen molar-refractivity contribution in [2.24, 2.45) is 11.7 Å². The van der Waals surface area contributed by atoms with Crippen molar-refractivity contribution >= 4 is 0 Å². The van der Waals surface area contributed by atoms with Gasteiger partial charge in [0.15, 0.2) is 0 Å². The average molecular weight is 165 g/mol. The van der Waals surface area contributed by atoms with Crippen molar-refractivity contribution < 1.29 is 5.11 Å². The third-order valence-electron chi connectivity index (χ3n) is 1.96. The first-order valence-corrected chi connectivity index (χ1v) is 4.21. The molecule has 1 rings (SSSR count). The van der Waals surface area contributed by atoms with E-state index in [1.54, 1.807) is 6.07 Å². The molecule has 0 fully saturated rings. The van der Waals surface area contributed by atoms with Crippen LogP contribution in [0.25, 0.3) is 0 Å². The Hall–Kier alpha value is -1.02. The van der Waals surface area contributed by atoms with Gasteiger partial charge in [0.05, 0.1) is 0 Å². The third kappa shape index (κ3) is 2.24. The summed E-state index contributed by atoms with van der Waals surface area (Å²) in [6.45, 7) is 2.74. The van der Waals surface area contributed by atoms with E-state index in [1.165, 1.54) is 0 Å². The van der Waals surface area contributed by atoms with Gasteiger partial charge in [-0.05, 0) is 30.5 Å². The van der Waals surface area contributed by atoms with Gasteiger partial charge in [0, 0.05) is 0 Å². The maximum absolute atomic E-state index is 9.41. The molecule has 0 aliphatic carbocycles. The first kappa shape index (κ1) is 9.07. The molecule has 3 N–H and O–H groups in total. The highest BCUT2D eigenvalue weighted by atomic mass is 16.3. The van der Waals surface area contributed by atoms with E-state index in [0.717, 1.165) is 12.0 Å². The van der Waals surface area contributed by atoms with Gasteiger partial charge in [-0.3, -0.25) is 0 Å². The van der Waals surface area contributed by atoms with Gasteiger partial charge in [-0.2, -0.15) is 0 Å². The average Bonchev–Trinajstić information content (AvgIpc) is 2.09. The Labute approximate surface area is 73.0 Å². The first-order valence-electron chi connectivity index (χ1n) is 4.21. The molecule has 0 aromatic heterocycles. The molecule has 0 heterocycles. The van der Waals surface area contributed by atoms with Crippen molar-refractivity contribution in [3.8, 4) is 5.75 Å². The standard InChI is InChI=1S/C10H15NO/c1-8(7-11)6-9-4-2-3-5-10(9)12/h2-5,8,12H,6-7,11H2,1H3. The Bertz CT molecular complexity index is 247. The summed E-state index contributed by atoms with van der Waals surface area (Å²) in [6, 6.07) is 7.39. The molecule has 0 aliphatic rings. The van der Waals surface area contributed by atoms with Crippen LogP contribution in [0.5, 0.6) is 5.75 Å². The molecule has 12 heavy (non-hydrogen) atoms. The van der Waals surface area contributed by atoms with Gasteiger partial charge in [0.25, 0.3) is 0 Å². The summed E-state index contributed by atoms with van der Waals surface area (Å²) in [5.74, 6) is 0.802. The van der Waals surface area contributed by atoms with Crippen LogP contribution in [0, 0.1) is 5.92 Å². The Morgan fingerprint density at radius 2 is 2.08 bits per heavy atom. The minimum Gasteiger partial charge on any atom is -0.508 e. The highest BCUT2D eigenvalue weighted by molar-refractivity contribution is 5.31. The number of aromatic hydroxyl groups is 1. The number of hydrogen-bond donors (Lipinski definition) is 2. The Morgan fingerprint density at radius 1 is 1.42 bits per heavy atom. The van der Waals surface area contributed by atoms with Crippen LogP contribution in [0.1, 0.15) is 12.5 Å². The summed E-state index contributed by atoms with van der Waals surface area (Å²) < 4.78 is 0. The third-order valence-corrected chi connectivity index (χ3v) is 1.96. The second-order valence-corrected chi connectivity index (χ2v) is 3.17. The molecule has 0 aliphatic heterocycles. The lowest BCUT2D eigenvalue weighted by Crippen LogP contribution is -2.13. The number of nitrogens with two attached hydrogens (primary N) is 1. The molecule has 1 aromatic rings. The number of benzene rings is 1. The van der Waals surface area contributed by atoms with Crippen molar-refractivity contribution in [2.75, 3.05) is 6.54 Å². The zero-order valence-corrected chi connectivity index (χ0v) is 7.33. The zero-order chi connectivity index (χ0) is 8.97. The molecule has 0 bridgehead atoms. The number of phenolic OH excluding ortho intramolecular Hbond substituents is 1. The summed E-state index contributed by atoms with van der Waals surface area (Å²) in [5, 5.41) is 9.41. The fourth-order valence-corrected chi connectivity index (χ4v) is 1.14. The molecule has 0 saturated heterocycles. The molecule has 2 heteroatoms. The SMILES string of the molecule is CC(CN)Cc1ccccc1O. The lowest BCUT2D eigenvalue weighted by Gasteiger charge is -2.08. The molecule has 1 atom stereocenters. The second-order valence-electron chi connectivity index (χ2n) is 3.17. The van der Waals surface area contributed by atoms with Gasteiger partial charge >= 0.3 is 0 Å². The van der Waals surface area contributed by atoms with E-state index in [0.29, 0.717) is 18.2 Å². The summed E-state index contributed by atoms with van der Waals surface area (Å²) in [4.78, 5) is 0. The van der Waals surface area contributed by atoms with Crippen LogP contribution in [-0.4, -0.2) is 11.7 Å². The van der Waals surface area contributed by atoms with Crippen molar-refractivity contribution in [3.05, 3.63) is 29.8 Å². The van der Waals surface area contributed by atoms with Crippen molar-refractivity contribution in [1.29, 1.82) is 0 Å². The van der Waals surface area contributed by atoms with Crippen LogP contribution < -0.4 is 5.73 Å². The van der Waals surface area contributed by atoms with Gasteiger partial charge in [0.1, 0.15) is 5.75 Å². The maximum atomic E-state index is 9.41. The van der Waals surface area contributed by atoms with Gasteiger partial charge < -0.3 is 10.8 Å². The number of phenols is 1.